The molecule has 110 valence electrons. The third-order valence-electron chi connectivity index (χ3n) is 2.88. The minimum atomic E-state index is -3.12. The third kappa shape index (κ3) is 3.23. The lowest BCUT2D eigenvalue weighted by Gasteiger charge is -2.16. The molecule has 0 N–H and O–H groups in total. The highest BCUT2D eigenvalue weighted by atomic mass is 31.2. The van der Waals surface area contributed by atoms with Crippen molar-refractivity contribution in [3.05, 3.63) is 30.0 Å². The van der Waals surface area contributed by atoms with Gasteiger partial charge in [0.1, 0.15) is 11.3 Å². The standard InChI is InChI=1S/C14H19O5P/c1-4-18-20(15,19-5-2)10-11-9-17-14-8-12(16-3)6-7-13(11)14/h6-9H,4-5,10H2,1-3H3. The maximum absolute atomic E-state index is 12.5. The molecular weight excluding hydrogens is 279 g/mol. The van der Waals surface area contributed by atoms with Gasteiger partial charge in [-0.25, -0.2) is 0 Å². The Balaban J connectivity index is 2.31. The van der Waals surface area contributed by atoms with Gasteiger partial charge in [-0.3, -0.25) is 4.57 Å². The molecule has 0 aliphatic carbocycles. The molecule has 0 saturated carbocycles. The van der Waals surface area contributed by atoms with Crippen LogP contribution in [-0.4, -0.2) is 20.3 Å². The summed E-state index contributed by atoms with van der Waals surface area (Å²) in [5.74, 6) is 0.719. The molecule has 20 heavy (non-hydrogen) atoms. The number of hydrogen-bond donors (Lipinski definition) is 0. The summed E-state index contributed by atoms with van der Waals surface area (Å²) in [7, 11) is -1.52. The molecule has 0 bridgehead atoms. The van der Waals surface area contributed by atoms with Crippen molar-refractivity contribution >= 4 is 18.6 Å². The number of rotatable bonds is 7. The minimum Gasteiger partial charge on any atom is -0.497 e. The predicted octanol–water partition coefficient (Wildman–Crippen LogP) is 4.21. The van der Waals surface area contributed by atoms with Crippen LogP contribution in [0.15, 0.2) is 28.9 Å². The topological polar surface area (TPSA) is 57.9 Å². The van der Waals surface area contributed by atoms with E-state index in [1.54, 1.807) is 33.3 Å². The first kappa shape index (κ1) is 15.1. The van der Waals surface area contributed by atoms with E-state index in [2.05, 4.69) is 0 Å². The number of ether oxygens (including phenoxy) is 1. The number of furan rings is 1. The van der Waals surface area contributed by atoms with E-state index in [4.69, 9.17) is 18.2 Å². The van der Waals surface area contributed by atoms with Crippen LogP contribution in [0.5, 0.6) is 5.75 Å². The summed E-state index contributed by atoms with van der Waals surface area (Å²) in [6.45, 7) is 4.29. The summed E-state index contributed by atoms with van der Waals surface area (Å²) in [6, 6.07) is 5.52. The average molecular weight is 298 g/mol. The van der Waals surface area contributed by atoms with Crippen LogP contribution in [0.4, 0.5) is 0 Å². The lowest BCUT2D eigenvalue weighted by Crippen LogP contribution is -1.98. The monoisotopic (exact) mass is 298 g/mol. The lowest BCUT2D eigenvalue weighted by atomic mass is 10.2. The van der Waals surface area contributed by atoms with Gasteiger partial charge in [-0.15, -0.1) is 0 Å². The van der Waals surface area contributed by atoms with Crippen molar-refractivity contribution in [2.45, 2.75) is 20.0 Å². The maximum Gasteiger partial charge on any atom is 0.335 e. The molecular formula is C14H19O5P. The first-order valence-electron chi connectivity index (χ1n) is 6.54. The second-order valence-electron chi connectivity index (χ2n) is 4.23. The zero-order valence-corrected chi connectivity index (χ0v) is 12.8. The molecule has 0 radical (unpaired) electrons. The second kappa shape index (κ2) is 6.44. The Labute approximate surface area is 118 Å². The van der Waals surface area contributed by atoms with Gasteiger partial charge in [0.05, 0.1) is 32.7 Å². The van der Waals surface area contributed by atoms with E-state index in [0.717, 1.165) is 16.7 Å². The van der Waals surface area contributed by atoms with Crippen molar-refractivity contribution in [3.63, 3.8) is 0 Å². The van der Waals surface area contributed by atoms with Gasteiger partial charge in [-0.2, -0.15) is 0 Å². The van der Waals surface area contributed by atoms with E-state index in [-0.39, 0.29) is 6.16 Å². The normalized spacial score (nSPS) is 11.9. The molecule has 5 nitrogen and oxygen atoms in total. The van der Waals surface area contributed by atoms with E-state index >= 15 is 0 Å². The fraction of sp³-hybridized carbons (Fsp3) is 0.429. The molecule has 0 aliphatic rings. The van der Waals surface area contributed by atoms with Gasteiger partial charge < -0.3 is 18.2 Å². The van der Waals surface area contributed by atoms with Crippen molar-refractivity contribution in [1.82, 2.24) is 0 Å². The highest BCUT2D eigenvalue weighted by molar-refractivity contribution is 7.53. The molecule has 0 saturated heterocycles. The Morgan fingerprint density at radius 3 is 2.50 bits per heavy atom. The zero-order chi connectivity index (χ0) is 14.6. The first-order chi connectivity index (χ1) is 9.61. The van der Waals surface area contributed by atoms with Gasteiger partial charge in [0, 0.05) is 17.0 Å². The van der Waals surface area contributed by atoms with Gasteiger partial charge >= 0.3 is 7.60 Å². The first-order valence-corrected chi connectivity index (χ1v) is 8.27. The third-order valence-corrected chi connectivity index (χ3v) is 4.91. The van der Waals surface area contributed by atoms with Crippen LogP contribution in [0.25, 0.3) is 11.0 Å². The minimum absolute atomic E-state index is 0.202. The Morgan fingerprint density at radius 2 is 1.90 bits per heavy atom. The number of fused-ring (bicyclic) bond motifs is 1. The van der Waals surface area contributed by atoms with Gasteiger partial charge in [-0.05, 0) is 26.0 Å². The van der Waals surface area contributed by atoms with Crippen LogP contribution in [0.3, 0.4) is 0 Å². The van der Waals surface area contributed by atoms with Crippen LogP contribution in [0, 0.1) is 0 Å². The Morgan fingerprint density at radius 1 is 1.20 bits per heavy atom. The molecule has 2 rings (SSSR count). The van der Waals surface area contributed by atoms with Crippen LogP contribution in [0.1, 0.15) is 19.4 Å². The lowest BCUT2D eigenvalue weighted by molar-refractivity contribution is 0.219. The smallest absolute Gasteiger partial charge is 0.335 e. The SMILES string of the molecule is CCOP(=O)(Cc1coc2cc(OC)ccc12)OCC. The quantitative estimate of drug-likeness (QED) is 0.717. The molecule has 1 heterocycles. The van der Waals surface area contributed by atoms with E-state index in [1.165, 1.54) is 0 Å². The maximum atomic E-state index is 12.5. The molecule has 0 unspecified atom stereocenters. The van der Waals surface area contributed by atoms with Gasteiger partial charge in [0.2, 0.25) is 0 Å². The Hall–Kier alpha value is -1.29. The molecule has 0 amide bonds. The highest BCUT2D eigenvalue weighted by Gasteiger charge is 2.26. The molecule has 0 aliphatic heterocycles. The van der Waals surface area contributed by atoms with E-state index in [1.807, 2.05) is 12.1 Å². The Kier molecular flexibility index (Phi) is 4.86. The summed E-state index contributed by atoms with van der Waals surface area (Å²) < 4.78 is 33.8. The largest absolute Gasteiger partial charge is 0.497 e. The predicted molar refractivity (Wildman–Crippen MR) is 77.3 cm³/mol. The van der Waals surface area contributed by atoms with Crippen LogP contribution < -0.4 is 4.74 Å². The van der Waals surface area contributed by atoms with Crippen molar-refractivity contribution in [2.24, 2.45) is 0 Å². The number of benzene rings is 1. The summed E-state index contributed by atoms with van der Waals surface area (Å²) >= 11 is 0. The van der Waals surface area contributed by atoms with E-state index in [0.29, 0.717) is 18.8 Å². The van der Waals surface area contributed by atoms with Gasteiger partial charge in [0.25, 0.3) is 0 Å². The summed E-state index contributed by atoms with van der Waals surface area (Å²) in [5.41, 5.74) is 1.51. The van der Waals surface area contributed by atoms with E-state index in [9.17, 15) is 4.57 Å². The van der Waals surface area contributed by atoms with Crippen LogP contribution in [-0.2, 0) is 19.8 Å². The van der Waals surface area contributed by atoms with Crippen molar-refractivity contribution < 1.29 is 22.8 Å². The summed E-state index contributed by atoms with van der Waals surface area (Å²) in [6.07, 6.45) is 1.79. The zero-order valence-electron chi connectivity index (χ0n) is 11.9. The van der Waals surface area contributed by atoms with Crippen molar-refractivity contribution in [2.75, 3.05) is 20.3 Å². The molecule has 2 aromatic rings. The number of hydrogen-bond acceptors (Lipinski definition) is 5. The molecule has 0 spiro atoms. The second-order valence-corrected chi connectivity index (χ2v) is 6.28. The molecule has 0 fully saturated rings. The fourth-order valence-electron chi connectivity index (χ4n) is 2.04. The van der Waals surface area contributed by atoms with Crippen LogP contribution >= 0.6 is 7.60 Å². The highest BCUT2D eigenvalue weighted by Crippen LogP contribution is 2.52. The molecule has 0 atom stereocenters. The van der Waals surface area contributed by atoms with Gasteiger partial charge in [0.15, 0.2) is 0 Å². The Bertz CT molecular complexity index is 609. The fourth-order valence-corrected chi connectivity index (χ4v) is 3.75. The average Bonchev–Trinajstić information content (AvgIpc) is 2.81. The van der Waals surface area contributed by atoms with Crippen molar-refractivity contribution in [3.8, 4) is 5.75 Å². The van der Waals surface area contributed by atoms with Crippen LogP contribution in [0.2, 0.25) is 0 Å². The molecule has 1 aromatic heterocycles. The molecule has 1 aromatic carbocycles. The number of methoxy groups -OCH3 is 1. The van der Waals surface area contributed by atoms with Crippen molar-refractivity contribution in [1.29, 1.82) is 0 Å². The van der Waals surface area contributed by atoms with Gasteiger partial charge in [-0.1, -0.05) is 0 Å². The molecule has 6 heteroatoms. The van der Waals surface area contributed by atoms with E-state index < -0.39 is 7.60 Å². The summed E-state index contributed by atoms with van der Waals surface area (Å²) in [4.78, 5) is 0. The summed E-state index contributed by atoms with van der Waals surface area (Å²) in [5, 5.41) is 0.894.